The molecule has 6 heteroatoms. The minimum atomic E-state index is -2.58. The highest BCUT2D eigenvalue weighted by Crippen LogP contribution is 2.37. The molecule has 1 saturated heterocycles. The number of piperidine rings is 1. The smallest absolute Gasteiger partial charge is 0.248 e. The molecule has 1 amide bonds. The number of nitrogens with zero attached hydrogens (tertiary/aromatic N) is 3. The Morgan fingerprint density at radius 2 is 2.00 bits per heavy atom. The molecule has 1 aliphatic heterocycles. The summed E-state index contributed by atoms with van der Waals surface area (Å²) in [5, 5.41) is 0. The van der Waals surface area contributed by atoms with Gasteiger partial charge in [-0.1, -0.05) is 0 Å². The van der Waals surface area contributed by atoms with Crippen LogP contribution in [0.4, 0.5) is 8.78 Å². The summed E-state index contributed by atoms with van der Waals surface area (Å²) in [5.74, 6) is -2.57. The molecular weight excluding hydrogens is 288 g/mol. The van der Waals surface area contributed by atoms with Gasteiger partial charge in [0.2, 0.25) is 11.8 Å². The number of amides is 1. The van der Waals surface area contributed by atoms with E-state index >= 15 is 0 Å². The van der Waals surface area contributed by atoms with Crippen LogP contribution in [0.15, 0.2) is 18.6 Å². The van der Waals surface area contributed by atoms with E-state index in [1.165, 1.54) is 0 Å². The number of aromatic nitrogens is 2. The number of hydrogen-bond donors (Lipinski definition) is 0. The van der Waals surface area contributed by atoms with Crippen LogP contribution >= 0.6 is 0 Å². The molecule has 1 atom stereocenters. The number of alkyl halides is 2. The number of rotatable bonds is 2. The van der Waals surface area contributed by atoms with Gasteiger partial charge < -0.3 is 4.90 Å². The molecule has 1 aromatic heterocycles. The summed E-state index contributed by atoms with van der Waals surface area (Å²) in [6.45, 7) is 1.35. The van der Waals surface area contributed by atoms with Gasteiger partial charge in [-0.15, -0.1) is 0 Å². The van der Waals surface area contributed by atoms with Crippen LogP contribution in [-0.2, 0) is 4.79 Å². The van der Waals surface area contributed by atoms with Crippen molar-refractivity contribution in [3.8, 4) is 0 Å². The fourth-order valence-corrected chi connectivity index (χ4v) is 3.49. The molecule has 3 rings (SSSR count). The van der Waals surface area contributed by atoms with Gasteiger partial charge in [-0.05, 0) is 25.7 Å². The van der Waals surface area contributed by atoms with E-state index in [-0.39, 0.29) is 30.6 Å². The average molecular weight is 309 g/mol. The van der Waals surface area contributed by atoms with Gasteiger partial charge in [0.05, 0.1) is 5.69 Å². The molecule has 0 aromatic carbocycles. The van der Waals surface area contributed by atoms with E-state index in [1.807, 2.05) is 4.90 Å². The first-order valence-electron chi connectivity index (χ1n) is 7.98. The Balaban J connectivity index is 1.61. The lowest BCUT2D eigenvalue weighted by Crippen LogP contribution is -2.44. The maximum atomic E-state index is 13.2. The van der Waals surface area contributed by atoms with Crippen LogP contribution in [-0.4, -0.2) is 39.8 Å². The second-order valence-corrected chi connectivity index (χ2v) is 6.38. The van der Waals surface area contributed by atoms with E-state index < -0.39 is 5.92 Å². The fraction of sp³-hybridized carbons (Fsp3) is 0.688. The number of halogens is 2. The Morgan fingerprint density at radius 3 is 2.68 bits per heavy atom. The summed E-state index contributed by atoms with van der Waals surface area (Å²) in [7, 11) is 0. The van der Waals surface area contributed by atoms with Crippen molar-refractivity contribution in [2.75, 3.05) is 13.1 Å². The first-order valence-corrected chi connectivity index (χ1v) is 7.98. The normalized spacial score (nSPS) is 25.9. The highest BCUT2D eigenvalue weighted by molar-refractivity contribution is 5.79. The van der Waals surface area contributed by atoms with Crippen molar-refractivity contribution >= 4 is 5.91 Å². The zero-order chi connectivity index (χ0) is 15.6. The van der Waals surface area contributed by atoms with Crippen LogP contribution < -0.4 is 0 Å². The Bertz CT molecular complexity index is 513. The molecule has 0 spiro atoms. The van der Waals surface area contributed by atoms with Gasteiger partial charge in [0.1, 0.15) is 0 Å². The van der Waals surface area contributed by atoms with Gasteiger partial charge in [0.15, 0.2) is 0 Å². The topological polar surface area (TPSA) is 46.1 Å². The Labute approximate surface area is 128 Å². The molecule has 0 bridgehead atoms. The van der Waals surface area contributed by atoms with Crippen LogP contribution in [0, 0.1) is 5.92 Å². The predicted octanol–water partition coefficient (Wildman–Crippen LogP) is 3.01. The summed E-state index contributed by atoms with van der Waals surface area (Å²) in [6, 6.07) is 0. The van der Waals surface area contributed by atoms with E-state index in [0.29, 0.717) is 19.4 Å². The van der Waals surface area contributed by atoms with Gasteiger partial charge in [-0.2, -0.15) is 0 Å². The molecule has 1 saturated carbocycles. The van der Waals surface area contributed by atoms with E-state index in [1.54, 1.807) is 18.6 Å². The molecule has 1 aliphatic carbocycles. The maximum Gasteiger partial charge on any atom is 0.248 e. The first-order chi connectivity index (χ1) is 10.6. The van der Waals surface area contributed by atoms with Gasteiger partial charge in [0.25, 0.3) is 0 Å². The van der Waals surface area contributed by atoms with Crippen LogP contribution in [0.5, 0.6) is 0 Å². The third-order valence-electron chi connectivity index (χ3n) is 4.80. The third kappa shape index (κ3) is 3.42. The minimum absolute atomic E-state index is 0.0455. The van der Waals surface area contributed by atoms with Crippen molar-refractivity contribution in [2.45, 2.75) is 50.4 Å². The van der Waals surface area contributed by atoms with Crippen molar-refractivity contribution < 1.29 is 13.6 Å². The Hall–Kier alpha value is -1.59. The zero-order valence-electron chi connectivity index (χ0n) is 12.5. The minimum Gasteiger partial charge on any atom is -0.342 e. The second-order valence-electron chi connectivity index (χ2n) is 6.38. The van der Waals surface area contributed by atoms with E-state index in [2.05, 4.69) is 9.97 Å². The predicted molar refractivity (Wildman–Crippen MR) is 77.5 cm³/mol. The van der Waals surface area contributed by atoms with Gasteiger partial charge in [-0.25, -0.2) is 8.78 Å². The highest BCUT2D eigenvalue weighted by atomic mass is 19.3. The van der Waals surface area contributed by atoms with Crippen molar-refractivity contribution in [3.63, 3.8) is 0 Å². The van der Waals surface area contributed by atoms with Gasteiger partial charge in [0, 0.05) is 56.4 Å². The van der Waals surface area contributed by atoms with Crippen LogP contribution in [0.2, 0.25) is 0 Å². The SMILES string of the molecule is O=C(C1CCC(F)(F)CC1)N1CCCC(c2cnccn2)C1. The molecule has 120 valence electrons. The van der Waals surface area contributed by atoms with Crippen molar-refractivity contribution in [2.24, 2.45) is 5.92 Å². The number of carbonyl (C=O) groups is 1. The number of likely N-dealkylation sites (tertiary alicyclic amines) is 1. The Kier molecular flexibility index (Phi) is 4.36. The fourth-order valence-electron chi connectivity index (χ4n) is 3.49. The Morgan fingerprint density at radius 1 is 1.23 bits per heavy atom. The third-order valence-corrected chi connectivity index (χ3v) is 4.80. The van der Waals surface area contributed by atoms with Crippen molar-refractivity contribution in [3.05, 3.63) is 24.3 Å². The maximum absolute atomic E-state index is 13.2. The monoisotopic (exact) mass is 309 g/mol. The van der Waals surface area contributed by atoms with Gasteiger partial charge in [-0.3, -0.25) is 14.8 Å². The summed E-state index contributed by atoms with van der Waals surface area (Å²) in [6.07, 6.45) is 7.25. The summed E-state index contributed by atoms with van der Waals surface area (Å²) in [5.41, 5.74) is 0.912. The molecular formula is C16H21F2N3O. The summed E-state index contributed by atoms with van der Waals surface area (Å²) < 4.78 is 26.5. The van der Waals surface area contributed by atoms with Crippen LogP contribution in [0.25, 0.3) is 0 Å². The second kappa shape index (κ2) is 6.26. The molecule has 2 aliphatic rings. The molecule has 2 heterocycles. The highest BCUT2D eigenvalue weighted by Gasteiger charge is 2.39. The van der Waals surface area contributed by atoms with Crippen molar-refractivity contribution in [1.82, 2.24) is 14.9 Å². The average Bonchev–Trinajstić information content (AvgIpc) is 2.55. The van der Waals surface area contributed by atoms with Crippen LogP contribution in [0.1, 0.15) is 50.1 Å². The van der Waals surface area contributed by atoms with Gasteiger partial charge >= 0.3 is 0 Å². The number of hydrogen-bond acceptors (Lipinski definition) is 3. The van der Waals surface area contributed by atoms with E-state index in [9.17, 15) is 13.6 Å². The molecule has 1 aromatic rings. The van der Waals surface area contributed by atoms with E-state index in [0.717, 1.165) is 25.1 Å². The van der Waals surface area contributed by atoms with Crippen molar-refractivity contribution in [1.29, 1.82) is 0 Å². The molecule has 22 heavy (non-hydrogen) atoms. The lowest BCUT2D eigenvalue weighted by atomic mass is 9.85. The summed E-state index contributed by atoms with van der Waals surface area (Å²) >= 11 is 0. The lowest BCUT2D eigenvalue weighted by Gasteiger charge is -2.36. The largest absolute Gasteiger partial charge is 0.342 e. The van der Waals surface area contributed by atoms with E-state index in [4.69, 9.17) is 0 Å². The molecule has 0 radical (unpaired) electrons. The lowest BCUT2D eigenvalue weighted by molar-refractivity contribution is -0.140. The zero-order valence-corrected chi connectivity index (χ0v) is 12.5. The molecule has 4 nitrogen and oxygen atoms in total. The molecule has 0 N–H and O–H groups in total. The molecule has 1 unspecified atom stereocenters. The first kappa shape index (κ1) is 15.3. The number of carbonyl (C=O) groups excluding carboxylic acids is 1. The summed E-state index contributed by atoms with van der Waals surface area (Å²) in [4.78, 5) is 22.8. The van der Waals surface area contributed by atoms with Crippen LogP contribution in [0.3, 0.4) is 0 Å². The quantitative estimate of drug-likeness (QED) is 0.843. The standard InChI is InChI=1S/C16H21F2N3O/c17-16(18)5-3-12(4-6-16)15(22)21-9-1-2-13(11-21)14-10-19-7-8-20-14/h7-8,10,12-13H,1-6,9,11H2. The molecule has 2 fully saturated rings.